The third-order valence-corrected chi connectivity index (χ3v) is 5.56. The first-order valence-corrected chi connectivity index (χ1v) is 8.63. The molecule has 0 aliphatic carbocycles. The minimum Gasteiger partial charge on any atom is -0.306 e. The number of nitrogens with one attached hydrogen (secondary N) is 1. The van der Waals surface area contributed by atoms with E-state index in [1.165, 1.54) is 15.3 Å². The highest BCUT2D eigenvalue weighted by atomic mass is 127. The quantitative estimate of drug-likeness (QED) is 0.656. The minimum absolute atomic E-state index is 0.244. The van der Waals surface area contributed by atoms with Gasteiger partial charge in [0.25, 0.3) is 0 Å². The molecule has 0 aliphatic rings. The van der Waals surface area contributed by atoms with Crippen LogP contribution in [0.2, 0.25) is 5.02 Å². The first-order valence-electron chi connectivity index (χ1n) is 6.36. The van der Waals surface area contributed by atoms with E-state index in [9.17, 15) is 0 Å². The van der Waals surface area contributed by atoms with Gasteiger partial charge in [0.05, 0.1) is 11.1 Å². The second kappa shape index (κ2) is 7.07. The molecule has 1 N–H and O–H groups in total. The zero-order valence-electron chi connectivity index (χ0n) is 11.0. The van der Waals surface area contributed by atoms with Crippen LogP contribution in [0.5, 0.6) is 0 Å². The molecule has 2 aromatic rings. The summed E-state index contributed by atoms with van der Waals surface area (Å²) in [6.45, 7) is 5.34. The lowest BCUT2D eigenvalue weighted by molar-refractivity contribution is 0.606. The Morgan fingerprint density at radius 2 is 2.11 bits per heavy atom. The first-order chi connectivity index (χ1) is 9.11. The lowest BCUT2D eigenvalue weighted by Gasteiger charge is -2.18. The zero-order valence-corrected chi connectivity index (χ0v) is 14.8. The van der Waals surface area contributed by atoms with Crippen LogP contribution < -0.4 is 5.32 Å². The molecule has 0 fully saturated rings. The fourth-order valence-electron chi connectivity index (χ4n) is 1.97. The Balaban J connectivity index is 2.33. The second-order valence-corrected chi connectivity index (χ2v) is 7.40. The van der Waals surface area contributed by atoms with Gasteiger partial charge in [0.2, 0.25) is 0 Å². The van der Waals surface area contributed by atoms with Crippen molar-refractivity contribution < 1.29 is 0 Å². The molecule has 0 spiro atoms. The van der Waals surface area contributed by atoms with Crippen molar-refractivity contribution in [1.82, 2.24) is 5.32 Å². The van der Waals surface area contributed by atoms with Gasteiger partial charge in [-0.15, -0.1) is 11.3 Å². The van der Waals surface area contributed by atoms with Gasteiger partial charge in [0.15, 0.2) is 0 Å². The number of halogens is 2. The van der Waals surface area contributed by atoms with Crippen molar-refractivity contribution >= 4 is 45.5 Å². The molecular formula is C15H17ClINS. The van der Waals surface area contributed by atoms with Crippen LogP contribution in [0.15, 0.2) is 30.3 Å². The lowest BCUT2D eigenvalue weighted by atomic mass is 10.1. The molecule has 0 amide bonds. The van der Waals surface area contributed by atoms with Gasteiger partial charge in [-0.3, -0.25) is 0 Å². The fourth-order valence-corrected chi connectivity index (χ4v) is 3.48. The van der Waals surface area contributed by atoms with Crippen molar-refractivity contribution in [2.75, 3.05) is 6.54 Å². The van der Waals surface area contributed by atoms with Gasteiger partial charge in [-0.05, 0) is 72.3 Å². The van der Waals surface area contributed by atoms with Crippen molar-refractivity contribution in [2.24, 2.45) is 0 Å². The average molecular weight is 406 g/mol. The Morgan fingerprint density at radius 1 is 1.32 bits per heavy atom. The van der Waals surface area contributed by atoms with Gasteiger partial charge in [0, 0.05) is 13.3 Å². The number of thiophene rings is 1. The molecule has 1 unspecified atom stereocenters. The maximum absolute atomic E-state index is 6.25. The lowest BCUT2D eigenvalue weighted by Crippen LogP contribution is -2.22. The molecule has 0 radical (unpaired) electrons. The van der Waals surface area contributed by atoms with Gasteiger partial charge in [0.1, 0.15) is 0 Å². The van der Waals surface area contributed by atoms with E-state index in [0.29, 0.717) is 0 Å². The van der Waals surface area contributed by atoms with Crippen LogP contribution in [0.25, 0.3) is 0 Å². The molecule has 4 heteroatoms. The molecule has 19 heavy (non-hydrogen) atoms. The summed E-state index contributed by atoms with van der Waals surface area (Å²) in [4.78, 5) is 2.69. The molecule has 0 saturated carbocycles. The molecule has 1 aromatic heterocycles. The van der Waals surface area contributed by atoms with Crippen LogP contribution in [0.3, 0.4) is 0 Å². The Bertz CT molecular complexity index is 553. The molecule has 1 heterocycles. The van der Waals surface area contributed by atoms with Gasteiger partial charge in [-0.25, -0.2) is 0 Å². The molecule has 0 aliphatic heterocycles. The summed E-state index contributed by atoms with van der Waals surface area (Å²) >= 11 is 10.4. The molecule has 2 rings (SSSR count). The van der Waals surface area contributed by atoms with Crippen molar-refractivity contribution in [3.8, 4) is 0 Å². The summed E-state index contributed by atoms with van der Waals surface area (Å²) in [5, 5.41) is 4.44. The van der Waals surface area contributed by atoms with Crippen LogP contribution in [-0.4, -0.2) is 6.54 Å². The van der Waals surface area contributed by atoms with Gasteiger partial charge >= 0.3 is 0 Å². The van der Waals surface area contributed by atoms with E-state index in [0.717, 1.165) is 21.6 Å². The van der Waals surface area contributed by atoms with E-state index in [-0.39, 0.29) is 6.04 Å². The monoisotopic (exact) mass is 405 g/mol. The molecule has 1 nitrogen and oxygen atoms in total. The Hall–Kier alpha value is -0.100. The highest BCUT2D eigenvalue weighted by Gasteiger charge is 2.16. The summed E-state index contributed by atoms with van der Waals surface area (Å²) in [5.74, 6) is 0. The number of rotatable bonds is 5. The molecule has 1 aromatic carbocycles. The van der Waals surface area contributed by atoms with E-state index in [1.54, 1.807) is 0 Å². The Kier molecular flexibility index (Phi) is 5.69. The Morgan fingerprint density at radius 3 is 2.68 bits per heavy atom. The first kappa shape index (κ1) is 15.3. The topological polar surface area (TPSA) is 12.0 Å². The molecule has 102 valence electrons. The van der Waals surface area contributed by atoms with Crippen molar-refractivity contribution in [1.29, 1.82) is 0 Å². The number of aryl methyl sites for hydroxylation is 1. The van der Waals surface area contributed by atoms with Gasteiger partial charge in [-0.2, -0.15) is 0 Å². The third-order valence-electron chi connectivity index (χ3n) is 2.92. The zero-order chi connectivity index (χ0) is 13.8. The maximum Gasteiger partial charge on any atom is 0.0671 e. The highest BCUT2D eigenvalue weighted by molar-refractivity contribution is 14.1. The smallest absolute Gasteiger partial charge is 0.0671 e. The molecule has 0 bridgehead atoms. The van der Waals surface area contributed by atoms with E-state index in [1.807, 2.05) is 11.3 Å². The second-order valence-electron chi connectivity index (χ2n) is 4.51. The number of benzene rings is 1. The normalized spacial score (nSPS) is 12.6. The summed E-state index contributed by atoms with van der Waals surface area (Å²) < 4.78 is 1.10. The predicted molar refractivity (Wildman–Crippen MR) is 93.4 cm³/mol. The molecule has 1 atom stereocenters. The summed E-state index contributed by atoms with van der Waals surface area (Å²) in [6.07, 6.45) is 1.12. The third kappa shape index (κ3) is 3.94. The number of hydrogen-bond donors (Lipinski definition) is 1. The number of hydrogen-bond acceptors (Lipinski definition) is 2. The van der Waals surface area contributed by atoms with Crippen molar-refractivity contribution in [2.45, 2.75) is 26.3 Å². The van der Waals surface area contributed by atoms with Crippen LogP contribution in [0, 0.1) is 10.5 Å². The minimum atomic E-state index is 0.244. The molecular weight excluding hydrogens is 389 g/mol. The summed E-state index contributed by atoms with van der Waals surface area (Å²) in [6, 6.07) is 10.9. The largest absolute Gasteiger partial charge is 0.306 e. The summed E-state index contributed by atoms with van der Waals surface area (Å²) in [5.41, 5.74) is 1.24. The van der Waals surface area contributed by atoms with E-state index in [4.69, 9.17) is 11.6 Å². The summed E-state index contributed by atoms with van der Waals surface area (Å²) in [7, 11) is 0. The van der Waals surface area contributed by atoms with Gasteiger partial charge < -0.3 is 5.32 Å². The highest BCUT2D eigenvalue weighted by Crippen LogP contribution is 2.31. The average Bonchev–Trinajstić information content (AvgIpc) is 2.80. The van der Waals surface area contributed by atoms with Crippen LogP contribution >= 0.6 is 45.5 Å². The van der Waals surface area contributed by atoms with Crippen LogP contribution in [0.4, 0.5) is 0 Å². The van der Waals surface area contributed by atoms with Crippen molar-refractivity contribution in [3.05, 3.63) is 54.2 Å². The van der Waals surface area contributed by atoms with Crippen LogP contribution in [0.1, 0.15) is 34.7 Å². The SMILES string of the molecule is CCCNC(c1ccc(I)c(Cl)c1)c1ccc(C)s1. The van der Waals surface area contributed by atoms with E-state index < -0.39 is 0 Å². The molecule has 0 saturated heterocycles. The Labute approximate surface area is 137 Å². The maximum atomic E-state index is 6.25. The predicted octanol–water partition coefficient (Wildman–Crippen LogP) is 5.40. The van der Waals surface area contributed by atoms with Crippen molar-refractivity contribution in [3.63, 3.8) is 0 Å². The van der Waals surface area contributed by atoms with Gasteiger partial charge in [-0.1, -0.05) is 24.6 Å². The standard InChI is InChI=1S/C15H17ClINS/c1-3-8-18-15(14-7-4-10(2)19-14)11-5-6-13(17)12(16)9-11/h4-7,9,15,18H,3,8H2,1-2H3. The fraction of sp³-hybridized carbons (Fsp3) is 0.333. The van der Waals surface area contributed by atoms with E-state index in [2.05, 4.69) is 72.1 Å². The van der Waals surface area contributed by atoms with E-state index >= 15 is 0 Å². The van der Waals surface area contributed by atoms with Crippen LogP contribution in [-0.2, 0) is 0 Å².